The first kappa shape index (κ1) is 32.6. The van der Waals surface area contributed by atoms with Crippen molar-refractivity contribution < 1.29 is 36.6 Å². The van der Waals surface area contributed by atoms with Gasteiger partial charge in [-0.25, -0.2) is 9.59 Å². The molecule has 0 radical (unpaired) electrons. The second kappa shape index (κ2) is 11.7. The fourth-order valence-electron chi connectivity index (χ4n) is 12.5. The van der Waals surface area contributed by atoms with Crippen molar-refractivity contribution in [2.75, 3.05) is 0 Å². The maximum atomic E-state index is 15.8. The number of carbonyl (C=O) groups excluding carboxylic acids is 2. The number of carbonyl (C=O) groups is 2. The van der Waals surface area contributed by atoms with Crippen molar-refractivity contribution >= 4 is 11.9 Å². The van der Waals surface area contributed by atoms with Crippen molar-refractivity contribution in [2.45, 2.75) is 153 Å². The molecule has 8 bridgehead atoms. The van der Waals surface area contributed by atoms with E-state index in [1.54, 1.807) is 0 Å². The van der Waals surface area contributed by atoms with Crippen LogP contribution in [0.25, 0.3) is 0 Å². The van der Waals surface area contributed by atoms with Crippen LogP contribution in [-0.2, 0) is 19.1 Å². The lowest BCUT2D eigenvalue weighted by atomic mass is 9.45. The van der Waals surface area contributed by atoms with Gasteiger partial charge < -0.3 is 9.47 Å². The zero-order valence-corrected chi connectivity index (χ0v) is 27.2. The molecule has 0 aliphatic heterocycles. The summed E-state index contributed by atoms with van der Waals surface area (Å²) in [5.41, 5.74) is -2.37. The zero-order valence-electron chi connectivity index (χ0n) is 27.2. The number of esters is 2. The van der Waals surface area contributed by atoms with Crippen molar-refractivity contribution in [1.82, 2.24) is 0 Å². The molecule has 8 aliphatic carbocycles. The highest BCUT2D eigenvalue weighted by Gasteiger charge is 2.73. The largest absolute Gasteiger partial charge is 0.454 e. The van der Waals surface area contributed by atoms with Crippen LogP contribution >= 0.6 is 0 Å². The summed E-state index contributed by atoms with van der Waals surface area (Å²) < 4.78 is 74.6. The third-order valence-corrected chi connectivity index (χ3v) is 14.1. The molecule has 0 heterocycles. The van der Waals surface area contributed by atoms with Gasteiger partial charge in [0.1, 0.15) is 11.2 Å². The number of hydrogen-bond donors (Lipinski definition) is 0. The van der Waals surface area contributed by atoms with Crippen molar-refractivity contribution in [3.63, 3.8) is 0 Å². The maximum absolute atomic E-state index is 15.8. The summed E-state index contributed by atoms with van der Waals surface area (Å²) in [4.78, 5) is 26.7. The van der Waals surface area contributed by atoms with Crippen LogP contribution in [0.4, 0.5) is 17.6 Å². The molecule has 8 fully saturated rings. The molecule has 0 aromatic carbocycles. The minimum atomic E-state index is -5.32. The molecule has 8 aliphatic rings. The molecule has 0 amide bonds. The molecule has 0 saturated heterocycles. The van der Waals surface area contributed by atoms with E-state index in [-0.39, 0.29) is 35.5 Å². The number of halogens is 4. The predicted octanol–water partition coefficient (Wildman–Crippen LogP) is 9.39. The van der Waals surface area contributed by atoms with Crippen LogP contribution in [0.3, 0.4) is 0 Å². The standard InChI is InChI=1S/C36H54F4O4/c1-5-9-10-11-12-34(26-16-22-14-24(20-26)28(7-3)30(34)18-22)44-32(42)36(39,40)35(37,38)31(41)43-33(8-4)25-15-21-13-23(19-25)27(6-2)29(33)17-21/h21-30H,5-20H2,1-4H3. The Morgan fingerprint density at radius 2 is 1.11 bits per heavy atom. The molecule has 0 aromatic rings. The summed E-state index contributed by atoms with van der Waals surface area (Å²) in [6.07, 6.45) is 12.9. The van der Waals surface area contributed by atoms with Crippen LogP contribution in [-0.4, -0.2) is 35.0 Å². The van der Waals surface area contributed by atoms with Crippen LogP contribution in [0.5, 0.6) is 0 Å². The normalized spacial score (nSPS) is 43.8. The van der Waals surface area contributed by atoms with Crippen LogP contribution in [0.15, 0.2) is 0 Å². The lowest BCUT2D eigenvalue weighted by Crippen LogP contribution is -2.66. The minimum absolute atomic E-state index is 0.0999. The highest BCUT2D eigenvalue weighted by atomic mass is 19.3. The van der Waals surface area contributed by atoms with Crippen LogP contribution in [0.2, 0.25) is 0 Å². The maximum Gasteiger partial charge on any atom is 0.415 e. The van der Waals surface area contributed by atoms with Gasteiger partial charge >= 0.3 is 23.8 Å². The SMILES string of the molecule is CCCCCCC1(OC(=O)C(F)(F)C(F)(F)C(=O)OC2(CC)C3CC4CC(C3)C(CC)C2C4)C2CC3CC(C2)C(CC)C1C3. The van der Waals surface area contributed by atoms with Gasteiger partial charge in [0, 0.05) is 11.8 Å². The van der Waals surface area contributed by atoms with Crippen LogP contribution in [0.1, 0.15) is 130 Å². The van der Waals surface area contributed by atoms with Crippen molar-refractivity contribution in [1.29, 1.82) is 0 Å². The van der Waals surface area contributed by atoms with Crippen LogP contribution in [0, 0.1) is 59.2 Å². The summed E-state index contributed by atoms with van der Waals surface area (Å²) in [6, 6.07) is 0. The van der Waals surface area contributed by atoms with Gasteiger partial charge in [-0.1, -0.05) is 59.8 Å². The molecule has 12 unspecified atom stereocenters. The lowest BCUT2D eigenvalue weighted by molar-refractivity contribution is -0.280. The summed E-state index contributed by atoms with van der Waals surface area (Å²) in [6.45, 7) is 8.05. The highest BCUT2D eigenvalue weighted by Crippen LogP contribution is 2.66. The van der Waals surface area contributed by atoms with E-state index in [1.807, 2.05) is 6.92 Å². The monoisotopic (exact) mass is 626 g/mol. The van der Waals surface area contributed by atoms with Gasteiger partial charge in [0.2, 0.25) is 0 Å². The molecule has 44 heavy (non-hydrogen) atoms. The third-order valence-electron chi connectivity index (χ3n) is 14.1. The van der Waals surface area contributed by atoms with E-state index in [0.717, 1.165) is 83.5 Å². The van der Waals surface area contributed by atoms with Gasteiger partial charge in [0.25, 0.3) is 0 Å². The number of alkyl halides is 4. The molecule has 8 rings (SSSR count). The molecule has 4 nitrogen and oxygen atoms in total. The average molecular weight is 627 g/mol. The predicted molar refractivity (Wildman–Crippen MR) is 159 cm³/mol. The van der Waals surface area contributed by atoms with E-state index in [0.29, 0.717) is 42.9 Å². The van der Waals surface area contributed by atoms with Gasteiger partial charge in [0.15, 0.2) is 0 Å². The van der Waals surface area contributed by atoms with E-state index < -0.39 is 35.0 Å². The Morgan fingerprint density at radius 1 is 0.636 bits per heavy atom. The van der Waals surface area contributed by atoms with Crippen molar-refractivity contribution in [3.8, 4) is 0 Å². The highest BCUT2D eigenvalue weighted by molar-refractivity contribution is 5.90. The Bertz CT molecular complexity index is 1100. The molecule has 250 valence electrons. The lowest BCUT2D eigenvalue weighted by Gasteiger charge is -2.64. The van der Waals surface area contributed by atoms with Gasteiger partial charge in [-0.05, 0) is 118 Å². The van der Waals surface area contributed by atoms with E-state index in [9.17, 15) is 9.59 Å². The Hall–Kier alpha value is -1.34. The summed E-state index contributed by atoms with van der Waals surface area (Å²) in [7, 11) is 0. The van der Waals surface area contributed by atoms with Gasteiger partial charge in [0.05, 0.1) is 0 Å². The van der Waals surface area contributed by atoms with E-state index in [2.05, 4.69) is 20.8 Å². The molecule has 0 spiro atoms. The summed E-state index contributed by atoms with van der Waals surface area (Å²) in [5.74, 6) is -13.2. The first-order chi connectivity index (χ1) is 20.9. The second-order valence-electron chi connectivity index (χ2n) is 15.9. The molecule has 0 N–H and O–H groups in total. The Labute approximate surface area is 261 Å². The summed E-state index contributed by atoms with van der Waals surface area (Å²) >= 11 is 0. The quantitative estimate of drug-likeness (QED) is 0.116. The van der Waals surface area contributed by atoms with Gasteiger partial charge in [-0.3, -0.25) is 0 Å². The molecule has 8 heteroatoms. The number of unbranched alkanes of at least 4 members (excludes halogenated alkanes) is 3. The fraction of sp³-hybridized carbons (Fsp3) is 0.944. The molecule has 0 aromatic heterocycles. The molecule has 8 saturated carbocycles. The smallest absolute Gasteiger partial charge is 0.415 e. The molecular weight excluding hydrogens is 572 g/mol. The van der Waals surface area contributed by atoms with Gasteiger partial charge in [-0.15, -0.1) is 0 Å². The van der Waals surface area contributed by atoms with E-state index >= 15 is 17.6 Å². The fourth-order valence-corrected chi connectivity index (χ4v) is 12.5. The average Bonchev–Trinajstić information content (AvgIpc) is 2.99. The third kappa shape index (κ3) is 4.78. The second-order valence-corrected chi connectivity index (χ2v) is 15.9. The Balaban J connectivity index is 1.24. The topological polar surface area (TPSA) is 52.6 Å². The first-order valence-corrected chi connectivity index (χ1v) is 18.1. The summed E-state index contributed by atoms with van der Waals surface area (Å²) in [5, 5.41) is 0. The number of hydrogen-bond acceptors (Lipinski definition) is 4. The minimum Gasteiger partial charge on any atom is -0.454 e. The first-order valence-electron chi connectivity index (χ1n) is 18.1. The number of ether oxygens (including phenoxy) is 2. The van der Waals surface area contributed by atoms with E-state index in [1.165, 1.54) is 0 Å². The molecule has 12 atom stereocenters. The van der Waals surface area contributed by atoms with Crippen LogP contribution < -0.4 is 0 Å². The van der Waals surface area contributed by atoms with Gasteiger partial charge in [-0.2, -0.15) is 17.6 Å². The number of rotatable bonds is 13. The molecular formula is C36H54F4O4. The van der Waals surface area contributed by atoms with E-state index in [4.69, 9.17) is 9.47 Å². The van der Waals surface area contributed by atoms with Crippen molar-refractivity contribution in [3.05, 3.63) is 0 Å². The van der Waals surface area contributed by atoms with Crippen molar-refractivity contribution in [2.24, 2.45) is 59.2 Å². The zero-order chi connectivity index (χ0) is 31.7. The Morgan fingerprint density at radius 3 is 1.59 bits per heavy atom. The Kier molecular flexibility index (Phi) is 8.68.